The summed E-state index contributed by atoms with van der Waals surface area (Å²) in [6.45, 7) is 5.93. The predicted molar refractivity (Wildman–Crippen MR) is 106 cm³/mol. The zero-order valence-electron chi connectivity index (χ0n) is 16.5. The molecule has 0 spiro atoms. The quantitative estimate of drug-likeness (QED) is 0.864. The monoisotopic (exact) mass is 382 g/mol. The maximum atomic E-state index is 12.4. The highest BCUT2D eigenvalue weighted by molar-refractivity contribution is 5.78. The van der Waals surface area contributed by atoms with Crippen LogP contribution in [0.4, 0.5) is 4.79 Å². The van der Waals surface area contributed by atoms with Gasteiger partial charge in [0.05, 0.1) is 5.41 Å². The van der Waals surface area contributed by atoms with Crippen molar-refractivity contribution in [3.05, 3.63) is 54.4 Å². The lowest BCUT2D eigenvalue weighted by Gasteiger charge is -2.27. The Morgan fingerprint density at radius 2 is 1.96 bits per heavy atom. The van der Waals surface area contributed by atoms with Crippen molar-refractivity contribution in [2.45, 2.75) is 39.2 Å². The summed E-state index contributed by atoms with van der Waals surface area (Å²) >= 11 is 0. The number of nitrogens with zero attached hydrogens (tertiary/aromatic N) is 2. The van der Waals surface area contributed by atoms with E-state index in [1.54, 1.807) is 33.2 Å². The number of rotatable bonds is 4. The molecular formula is C22H26N2O4. The van der Waals surface area contributed by atoms with E-state index >= 15 is 0 Å². The minimum atomic E-state index is -1.01. The van der Waals surface area contributed by atoms with Crippen LogP contribution in [0.3, 0.4) is 0 Å². The Labute approximate surface area is 165 Å². The minimum Gasteiger partial charge on any atom is -0.481 e. The fourth-order valence-electron chi connectivity index (χ4n) is 3.53. The van der Waals surface area contributed by atoms with Crippen LogP contribution in [-0.2, 0) is 16.0 Å². The summed E-state index contributed by atoms with van der Waals surface area (Å²) < 4.78 is 5.41. The van der Waals surface area contributed by atoms with Crippen LogP contribution in [0.25, 0.3) is 11.1 Å². The molecule has 0 saturated carbocycles. The van der Waals surface area contributed by atoms with E-state index in [9.17, 15) is 14.7 Å². The molecule has 1 aliphatic rings. The highest BCUT2D eigenvalue weighted by atomic mass is 16.6. The van der Waals surface area contributed by atoms with Gasteiger partial charge in [-0.2, -0.15) is 0 Å². The minimum absolute atomic E-state index is 0.147. The zero-order valence-corrected chi connectivity index (χ0v) is 16.5. The molecular weight excluding hydrogens is 356 g/mol. The molecule has 148 valence electrons. The van der Waals surface area contributed by atoms with Crippen LogP contribution in [0.1, 0.15) is 32.8 Å². The molecule has 28 heavy (non-hydrogen) atoms. The fraction of sp³-hybridized carbons (Fsp3) is 0.409. The van der Waals surface area contributed by atoms with E-state index in [2.05, 4.69) is 4.98 Å². The number of likely N-dealkylation sites (tertiary alicyclic amines) is 1. The van der Waals surface area contributed by atoms with Gasteiger partial charge in [0.2, 0.25) is 0 Å². The second kappa shape index (κ2) is 7.62. The van der Waals surface area contributed by atoms with Crippen LogP contribution in [0.15, 0.2) is 48.8 Å². The molecule has 3 rings (SSSR count). The molecule has 1 aliphatic heterocycles. The number of ether oxygens (including phenoxy) is 1. The molecule has 1 aromatic heterocycles. The van der Waals surface area contributed by atoms with Crippen molar-refractivity contribution in [2.75, 3.05) is 13.1 Å². The largest absolute Gasteiger partial charge is 0.481 e. The van der Waals surface area contributed by atoms with Gasteiger partial charge >= 0.3 is 12.1 Å². The number of aliphatic carboxylic acids is 1. The molecule has 1 fully saturated rings. The Kier molecular flexibility index (Phi) is 5.40. The summed E-state index contributed by atoms with van der Waals surface area (Å²) in [4.78, 5) is 30.2. The number of carboxylic acid groups (broad SMARTS) is 1. The average molecular weight is 382 g/mol. The number of benzene rings is 1. The molecule has 1 amide bonds. The number of hydrogen-bond acceptors (Lipinski definition) is 4. The van der Waals surface area contributed by atoms with E-state index in [0.29, 0.717) is 19.4 Å². The Morgan fingerprint density at radius 3 is 2.61 bits per heavy atom. The predicted octanol–water partition coefficient (Wildman–Crippen LogP) is 4.00. The average Bonchev–Trinajstić information content (AvgIpc) is 3.07. The first-order chi connectivity index (χ1) is 13.2. The Bertz CT molecular complexity index is 860. The topological polar surface area (TPSA) is 79.7 Å². The Balaban J connectivity index is 1.79. The van der Waals surface area contributed by atoms with Crippen LogP contribution in [0, 0.1) is 5.41 Å². The first kappa shape index (κ1) is 19.9. The van der Waals surface area contributed by atoms with Crippen molar-refractivity contribution in [3.8, 4) is 11.1 Å². The summed E-state index contributed by atoms with van der Waals surface area (Å²) in [5.41, 5.74) is 1.28. The number of amides is 1. The van der Waals surface area contributed by atoms with Gasteiger partial charge in [0.1, 0.15) is 5.60 Å². The fourth-order valence-corrected chi connectivity index (χ4v) is 3.53. The zero-order chi connectivity index (χ0) is 20.4. The lowest BCUT2D eigenvalue weighted by molar-refractivity contribution is -0.148. The van der Waals surface area contributed by atoms with Crippen molar-refractivity contribution >= 4 is 12.1 Å². The Morgan fingerprint density at radius 1 is 1.21 bits per heavy atom. The van der Waals surface area contributed by atoms with Gasteiger partial charge in [0.25, 0.3) is 0 Å². The highest BCUT2D eigenvalue weighted by Crippen LogP contribution is 2.36. The van der Waals surface area contributed by atoms with E-state index < -0.39 is 23.1 Å². The van der Waals surface area contributed by atoms with Gasteiger partial charge < -0.3 is 14.7 Å². The molecule has 2 heterocycles. The van der Waals surface area contributed by atoms with Gasteiger partial charge in [-0.15, -0.1) is 0 Å². The molecule has 1 aromatic carbocycles. The normalized spacial score (nSPS) is 19.5. The van der Waals surface area contributed by atoms with Crippen molar-refractivity contribution in [3.63, 3.8) is 0 Å². The number of hydrogen-bond donors (Lipinski definition) is 1. The third-order valence-electron chi connectivity index (χ3n) is 4.92. The third-order valence-corrected chi connectivity index (χ3v) is 4.92. The molecule has 0 unspecified atom stereocenters. The highest BCUT2D eigenvalue weighted by Gasteiger charge is 2.47. The molecule has 1 saturated heterocycles. The molecule has 1 atom stereocenters. The molecule has 0 aliphatic carbocycles. The molecule has 0 radical (unpaired) electrons. The van der Waals surface area contributed by atoms with E-state index in [1.807, 2.05) is 36.4 Å². The number of pyridine rings is 1. The summed E-state index contributed by atoms with van der Waals surface area (Å²) in [5.74, 6) is -0.884. The van der Waals surface area contributed by atoms with Crippen LogP contribution < -0.4 is 0 Å². The van der Waals surface area contributed by atoms with Gasteiger partial charge in [-0.1, -0.05) is 30.3 Å². The number of carbonyl (C=O) groups excluding carboxylic acids is 1. The van der Waals surface area contributed by atoms with Crippen molar-refractivity contribution in [1.82, 2.24) is 9.88 Å². The summed E-state index contributed by atoms with van der Waals surface area (Å²) in [6, 6.07) is 11.7. The van der Waals surface area contributed by atoms with Gasteiger partial charge in [-0.05, 0) is 56.4 Å². The molecule has 0 bridgehead atoms. The van der Waals surface area contributed by atoms with Gasteiger partial charge in [0.15, 0.2) is 0 Å². The summed E-state index contributed by atoms with van der Waals surface area (Å²) in [6.07, 6.45) is 3.80. The number of carbonyl (C=O) groups is 2. The summed E-state index contributed by atoms with van der Waals surface area (Å²) in [7, 11) is 0. The number of aromatic nitrogens is 1. The standard InChI is InChI=1S/C22H26N2O4/c1-21(2,3)28-20(27)24-11-9-22(15-24,19(25)26)13-16-6-4-7-17(12-16)18-8-5-10-23-14-18/h4-8,10,12,14H,9,11,13,15H2,1-3H3,(H,25,26)/t22-/m1/s1. The first-order valence-corrected chi connectivity index (χ1v) is 9.39. The van der Waals surface area contributed by atoms with Crippen molar-refractivity contribution in [2.24, 2.45) is 5.41 Å². The van der Waals surface area contributed by atoms with E-state index in [1.165, 1.54) is 4.90 Å². The lowest BCUT2D eigenvalue weighted by Crippen LogP contribution is -2.40. The second-order valence-electron chi connectivity index (χ2n) is 8.36. The van der Waals surface area contributed by atoms with E-state index in [4.69, 9.17) is 4.74 Å². The Hall–Kier alpha value is -2.89. The van der Waals surface area contributed by atoms with Crippen LogP contribution in [0.2, 0.25) is 0 Å². The van der Waals surface area contributed by atoms with Gasteiger partial charge in [0, 0.05) is 25.5 Å². The summed E-state index contributed by atoms with van der Waals surface area (Å²) in [5, 5.41) is 9.95. The SMILES string of the molecule is CC(C)(C)OC(=O)N1CC[C@](Cc2cccc(-c3cccnc3)c2)(C(=O)O)C1. The van der Waals surface area contributed by atoms with Crippen molar-refractivity contribution in [1.29, 1.82) is 0 Å². The smallest absolute Gasteiger partial charge is 0.410 e. The maximum Gasteiger partial charge on any atom is 0.410 e. The first-order valence-electron chi connectivity index (χ1n) is 9.39. The molecule has 6 nitrogen and oxygen atoms in total. The molecule has 1 N–H and O–H groups in total. The van der Waals surface area contributed by atoms with Crippen molar-refractivity contribution < 1.29 is 19.4 Å². The molecule has 6 heteroatoms. The van der Waals surface area contributed by atoms with Gasteiger partial charge in [-0.25, -0.2) is 4.79 Å². The second-order valence-corrected chi connectivity index (χ2v) is 8.36. The molecule has 2 aromatic rings. The number of carboxylic acids is 1. The third kappa shape index (κ3) is 4.50. The van der Waals surface area contributed by atoms with E-state index in [0.717, 1.165) is 16.7 Å². The lowest BCUT2D eigenvalue weighted by atomic mass is 9.80. The van der Waals surface area contributed by atoms with Gasteiger partial charge in [-0.3, -0.25) is 9.78 Å². The van der Waals surface area contributed by atoms with Crippen LogP contribution in [-0.4, -0.2) is 45.7 Å². The maximum absolute atomic E-state index is 12.4. The van der Waals surface area contributed by atoms with Crippen LogP contribution in [0.5, 0.6) is 0 Å². The van der Waals surface area contributed by atoms with E-state index in [-0.39, 0.29) is 6.54 Å². The van der Waals surface area contributed by atoms with Crippen LogP contribution >= 0.6 is 0 Å².